The molecule has 22 heavy (non-hydrogen) atoms. The molecule has 1 aromatic heterocycles. The van der Waals surface area contributed by atoms with Crippen LogP contribution in [0.2, 0.25) is 0 Å². The lowest BCUT2D eigenvalue weighted by Gasteiger charge is -2.22. The minimum absolute atomic E-state index is 0.820. The van der Waals surface area contributed by atoms with Gasteiger partial charge in [-0.1, -0.05) is 19.3 Å². The Morgan fingerprint density at radius 2 is 2.14 bits per heavy atom. The molecule has 1 saturated carbocycles. The molecule has 5 heteroatoms. The third-order valence-electron chi connectivity index (χ3n) is 4.74. The molecule has 1 aromatic carbocycles. The number of fused-ring (bicyclic) bond motifs is 1. The van der Waals surface area contributed by atoms with Crippen LogP contribution in [0.15, 0.2) is 29.5 Å². The summed E-state index contributed by atoms with van der Waals surface area (Å²) >= 11 is 0. The summed E-state index contributed by atoms with van der Waals surface area (Å²) in [6.07, 6.45) is 8.92. The van der Waals surface area contributed by atoms with Crippen molar-refractivity contribution < 1.29 is 0 Å². The molecular weight excluding hydrogens is 274 g/mol. The van der Waals surface area contributed by atoms with Gasteiger partial charge in [0.05, 0.1) is 23.9 Å². The number of aromatic nitrogens is 2. The van der Waals surface area contributed by atoms with Gasteiger partial charge in [-0.3, -0.25) is 4.99 Å². The van der Waals surface area contributed by atoms with E-state index < -0.39 is 0 Å². The van der Waals surface area contributed by atoms with Gasteiger partial charge >= 0.3 is 0 Å². The van der Waals surface area contributed by atoms with Crippen LogP contribution >= 0.6 is 0 Å². The molecule has 2 N–H and O–H groups in total. The normalized spacial score (nSPS) is 19.2. The highest BCUT2D eigenvalue weighted by molar-refractivity contribution is 5.96. The van der Waals surface area contributed by atoms with Gasteiger partial charge in [0.2, 0.25) is 0 Å². The highest BCUT2D eigenvalue weighted by atomic mass is 15.2. The van der Waals surface area contributed by atoms with Gasteiger partial charge in [-0.25, -0.2) is 4.98 Å². The lowest BCUT2D eigenvalue weighted by molar-refractivity contribution is 0.322. The SMILES string of the molecule is c1cc2c(cc1NC1=NCCN1)ncn2CC1CCCCC1. The van der Waals surface area contributed by atoms with E-state index in [1.165, 1.54) is 37.6 Å². The zero-order valence-electron chi connectivity index (χ0n) is 12.9. The van der Waals surface area contributed by atoms with Gasteiger partial charge in [0, 0.05) is 18.8 Å². The summed E-state index contributed by atoms with van der Waals surface area (Å²) in [6.45, 7) is 2.87. The quantitative estimate of drug-likeness (QED) is 0.915. The first kappa shape index (κ1) is 13.6. The Morgan fingerprint density at radius 1 is 1.23 bits per heavy atom. The van der Waals surface area contributed by atoms with Crippen LogP contribution < -0.4 is 10.6 Å². The van der Waals surface area contributed by atoms with Gasteiger partial charge in [0.25, 0.3) is 0 Å². The molecule has 2 aromatic rings. The van der Waals surface area contributed by atoms with E-state index in [-0.39, 0.29) is 0 Å². The van der Waals surface area contributed by atoms with Crippen LogP contribution in [0.4, 0.5) is 5.69 Å². The van der Waals surface area contributed by atoms with Gasteiger partial charge in [0.1, 0.15) is 0 Å². The molecule has 0 radical (unpaired) electrons. The zero-order valence-corrected chi connectivity index (χ0v) is 12.9. The van der Waals surface area contributed by atoms with Crippen molar-refractivity contribution in [2.75, 3.05) is 18.4 Å². The summed E-state index contributed by atoms with van der Waals surface area (Å²) in [4.78, 5) is 8.94. The fourth-order valence-electron chi connectivity index (χ4n) is 3.55. The Balaban J connectivity index is 1.51. The van der Waals surface area contributed by atoms with Crippen molar-refractivity contribution in [1.82, 2.24) is 14.9 Å². The Morgan fingerprint density at radius 3 is 2.95 bits per heavy atom. The van der Waals surface area contributed by atoms with Crippen molar-refractivity contribution >= 4 is 22.7 Å². The van der Waals surface area contributed by atoms with E-state index >= 15 is 0 Å². The molecule has 5 nitrogen and oxygen atoms in total. The van der Waals surface area contributed by atoms with Crippen molar-refractivity contribution in [3.05, 3.63) is 24.5 Å². The van der Waals surface area contributed by atoms with E-state index in [1.54, 1.807) is 0 Å². The molecule has 2 aliphatic rings. The van der Waals surface area contributed by atoms with Crippen molar-refractivity contribution in [1.29, 1.82) is 0 Å². The topological polar surface area (TPSA) is 54.2 Å². The summed E-state index contributed by atoms with van der Waals surface area (Å²) in [5, 5.41) is 6.54. The molecule has 1 fully saturated rings. The van der Waals surface area contributed by atoms with E-state index in [1.807, 2.05) is 6.33 Å². The van der Waals surface area contributed by atoms with Crippen molar-refractivity contribution in [3.63, 3.8) is 0 Å². The average molecular weight is 297 g/mol. The first-order valence-corrected chi connectivity index (χ1v) is 8.39. The Hall–Kier alpha value is -2.04. The van der Waals surface area contributed by atoms with Crippen molar-refractivity contribution in [2.24, 2.45) is 10.9 Å². The molecule has 0 unspecified atom stereocenters. The monoisotopic (exact) mass is 297 g/mol. The molecule has 4 rings (SSSR count). The Labute approximate surface area is 130 Å². The molecule has 1 aliphatic carbocycles. The maximum Gasteiger partial charge on any atom is 0.195 e. The van der Waals surface area contributed by atoms with E-state index in [0.29, 0.717) is 0 Å². The highest BCUT2D eigenvalue weighted by Gasteiger charge is 2.15. The average Bonchev–Trinajstić information content (AvgIpc) is 3.19. The summed E-state index contributed by atoms with van der Waals surface area (Å²) in [7, 11) is 0. The summed E-state index contributed by atoms with van der Waals surface area (Å²) in [5.41, 5.74) is 3.33. The zero-order chi connectivity index (χ0) is 14.8. The number of nitrogens with zero attached hydrogens (tertiary/aromatic N) is 3. The number of nitrogens with one attached hydrogen (secondary N) is 2. The smallest absolute Gasteiger partial charge is 0.195 e. The number of hydrogen-bond acceptors (Lipinski definition) is 4. The van der Waals surface area contributed by atoms with Crippen LogP contribution in [0, 0.1) is 5.92 Å². The standard InChI is InChI=1S/C17H23N5/c1-2-4-13(5-3-1)11-22-12-20-15-10-14(6-7-16(15)22)21-17-18-8-9-19-17/h6-7,10,12-13H,1-5,8-9,11H2,(H2,18,19,21). The first-order chi connectivity index (χ1) is 10.9. The molecular formula is C17H23N5. The fourth-order valence-corrected chi connectivity index (χ4v) is 3.55. The van der Waals surface area contributed by atoms with Crippen LogP contribution in [0.5, 0.6) is 0 Å². The van der Waals surface area contributed by atoms with Crippen molar-refractivity contribution in [3.8, 4) is 0 Å². The molecule has 0 amide bonds. The van der Waals surface area contributed by atoms with Crippen molar-refractivity contribution in [2.45, 2.75) is 38.6 Å². The number of hydrogen-bond donors (Lipinski definition) is 2. The van der Waals surface area contributed by atoms with Gasteiger partial charge < -0.3 is 15.2 Å². The summed E-state index contributed by atoms with van der Waals surface area (Å²) in [5.74, 6) is 1.68. The predicted molar refractivity (Wildman–Crippen MR) is 90.2 cm³/mol. The van der Waals surface area contributed by atoms with Crippen LogP contribution in [0.3, 0.4) is 0 Å². The van der Waals surface area contributed by atoms with Crippen LogP contribution in [-0.2, 0) is 6.54 Å². The third-order valence-corrected chi connectivity index (χ3v) is 4.74. The maximum absolute atomic E-state index is 4.58. The second-order valence-corrected chi connectivity index (χ2v) is 6.39. The van der Waals surface area contributed by atoms with E-state index in [2.05, 4.69) is 43.4 Å². The van der Waals surface area contributed by atoms with Gasteiger partial charge in [-0.2, -0.15) is 0 Å². The van der Waals surface area contributed by atoms with Gasteiger partial charge in [0.15, 0.2) is 5.96 Å². The number of imidazole rings is 1. The van der Waals surface area contributed by atoms with Gasteiger partial charge in [-0.15, -0.1) is 0 Å². The first-order valence-electron chi connectivity index (χ1n) is 8.39. The van der Waals surface area contributed by atoms with Gasteiger partial charge in [-0.05, 0) is 37.0 Å². The van der Waals surface area contributed by atoms with E-state index in [9.17, 15) is 0 Å². The largest absolute Gasteiger partial charge is 0.354 e. The fraction of sp³-hybridized carbons (Fsp3) is 0.529. The lowest BCUT2D eigenvalue weighted by atomic mass is 9.89. The molecule has 0 saturated heterocycles. The Bertz CT molecular complexity index is 681. The third kappa shape index (κ3) is 2.80. The highest BCUT2D eigenvalue weighted by Crippen LogP contribution is 2.27. The van der Waals surface area contributed by atoms with Crippen LogP contribution in [-0.4, -0.2) is 28.6 Å². The molecule has 2 heterocycles. The number of anilines is 1. The second kappa shape index (κ2) is 5.99. The molecule has 116 valence electrons. The summed E-state index contributed by atoms with van der Waals surface area (Å²) < 4.78 is 2.32. The van der Waals surface area contributed by atoms with E-state index in [4.69, 9.17) is 0 Å². The Kier molecular flexibility index (Phi) is 3.70. The van der Waals surface area contributed by atoms with Crippen LogP contribution in [0.1, 0.15) is 32.1 Å². The predicted octanol–water partition coefficient (Wildman–Crippen LogP) is 2.99. The molecule has 1 aliphatic heterocycles. The number of benzene rings is 1. The molecule has 0 atom stereocenters. The minimum Gasteiger partial charge on any atom is -0.354 e. The molecule has 0 bridgehead atoms. The summed E-state index contributed by atoms with van der Waals surface area (Å²) in [6, 6.07) is 6.39. The van der Waals surface area contributed by atoms with E-state index in [0.717, 1.165) is 42.7 Å². The second-order valence-electron chi connectivity index (χ2n) is 6.39. The lowest BCUT2D eigenvalue weighted by Crippen LogP contribution is -2.26. The number of rotatable bonds is 3. The maximum atomic E-state index is 4.58. The van der Waals surface area contributed by atoms with Crippen LogP contribution in [0.25, 0.3) is 11.0 Å². The number of aliphatic imine (C=N–C) groups is 1. The number of guanidine groups is 1. The minimum atomic E-state index is 0.820. The molecule has 0 spiro atoms.